The van der Waals surface area contributed by atoms with Crippen molar-refractivity contribution in [2.75, 3.05) is 0 Å². The average molecular weight is 484 g/mol. The number of carbonyl (C=O) groups is 1. The number of pyridine rings is 1. The van der Waals surface area contributed by atoms with Crippen LogP contribution in [0.4, 0.5) is 0 Å². The Bertz CT molecular complexity index is 567. The Kier molecular flexibility index (Phi) is 6.83. The lowest BCUT2D eigenvalue weighted by Gasteiger charge is -2.29. The van der Waals surface area contributed by atoms with Gasteiger partial charge < -0.3 is 9.47 Å². The van der Waals surface area contributed by atoms with E-state index in [0.717, 1.165) is 25.0 Å². The third-order valence-corrected chi connectivity index (χ3v) is 5.60. The van der Waals surface area contributed by atoms with Gasteiger partial charge in [-0.25, -0.2) is 4.79 Å². The summed E-state index contributed by atoms with van der Waals surface area (Å²) in [5.74, 6) is -0.386. The number of nitrogens with zero attached hydrogens (tertiary/aromatic N) is 1. The zero-order valence-corrected chi connectivity index (χ0v) is 17.8. The van der Waals surface area contributed by atoms with E-state index in [1.807, 2.05) is 48.5 Å². The van der Waals surface area contributed by atoms with Gasteiger partial charge in [-0.15, -0.1) is 0 Å². The quantitative estimate of drug-likeness (QED) is 0.452. The zero-order chi connectivity index (χ0) is 17.2. The first kappa shape index (κ1) is 19.8. The number of rotatable bonds is 4. The van der Waals surface area contributed by atoms with Crippen molar-refractivity contribution in [3.63, 3.8) is 0 Å². The third-order valence-electron chi connectivity index (χ3n) is 2.77. The Morgan fingerprint density at radius 3 is 2.23 bits per heavy atom. The van der Waals surface area contributed by atoms with E-state index < -0.39 is 11.7 Å². The molecule has 0 saturated carbocycles. The molecule has 4 nitrogen and oxygen atoms in total. The maximum absolute atomic E-state index is 12.5. The minimum absolute atomic E-state index is 0.196. The molecule has 0 saturated heterocycles. The third kappa shape index (κ3) is 5.16. The molecule has 6 heteroatoms. The largest absolute Gasteiger partial charge is 0.461 e. The SMILES string of the molecule is Cc1nc(C)c([C@H](OC(C)(C)C)C(=O)OC(C)C)c(I)c1Br. The maximum Gasteiger partial charge on any atom is 0.340 e. The molecule has 0 N–H and O–H groups in total. The molecule has 0 aliphatic heterocycles. The molecule has 0 spiro atoms. The molecule has 1 heterocycles. The zero-order valence-electron chi connectivity index (χ0n) is 14.1. The van der Waals surface area contributed by atoms with Crippen molar-refractivity contribution in [3.8, 4) is 0 Å². The number of hydrogen-bond acceptors (Lipinski definition) is 4. The number of aryl methyl sites for hydroxylation is 2. The summed E-state index contributed by atoms with van der Waals surface area (Å²) in [6.07, 6.45) is -0.989. The maximum atomic E-state index is 12.5. The average Bonchev–Trinajstić information content (AvgIpc) is 2.32. The molecule has 0 aromatic carbocycles. The van der Waals surface area contributed by atoms with Crippen LogP contribution in [0.3, 0.4) is 0 Å². The standard InChI is InChI=1S/C16H23BrINO3/c1-8(2)21-15(20)14(22-16(5,6)7)11-9(3)19-10(4)12(17)13(11)18/h8,14H,1-7H3/t14-/m0/s1. The van der Waals surface area contributed by atoms with E-state index in [2.05, 4.69) is 43.5 Å². The van der Waals surface area contributed by atoms with Gasteiger partial charge in [0.2, 0.25) is 0 Å². The van der Waals surface area contributed by atoms with Crippen molar-refractivity contribution in [2.45, 2.75) is 66.3 Å². The summed E-state index contributed by atoms with van der Waals surface area (Å²) >= 11 is 5.75. The number of ether oxygens (including phenoxy) is 2. The number of halogens is 2. The number of carbonyl (C=O) groups excluding carboxylic acids is 1. The molecule has 1 atom stereocenters. The highest BCUT2D eigenvalue weighted by molar-refractivity contribution is 14.1. The van der Waals surface area contributed by atoms with Crippen LogP contribution in [0.25, 0.3) is 0 Å². The molecule has 1 aromatic heterocycles. The Hall–Kier alpha value is -0.210. The van der Waals surface area contributed by atoms with Gasteiger partial charge in [0.05, 0.1) is 21.9 Å². The van der Waals surface area contributed by atoms with Gasteiger partial charge in [0.25, 0.3) is 0 Å². The van der Waals surface area contributed by atoms with Gasteiger partial charge in [-0.2, -0.15) is 0 Å². The highest BCUT2D eigenvalue weighted by atomic mass is 127. The van der Waals surface area contributed by atoms with Gasteiger partial charge in [0.15, 0.2) is 6.10 Å². The van der Waals surface area contributed by atoms with E-state index in [4.69, 9.17) is 9.47 Å². The fourth-order valence-electron chi connectivity index (χ4n) is 1.97. The fraction of sp³-hybridized carbons (Fsp3) is 0.625. The van der Waals surface area contributed by atoms with Gasteiger partial charge >= 0.3 is 5.97 Å². The fourth-order valence-corrected chi connectivity index (χ4v) is 3.34. The molecule has 0 amide bonds. The van der Waals surface area contributed by atoms with Gasteiger partial charge in [-0.3, -0.25) is 4.98 Å². The van der Waals surface area contributed by atoms with Crippen LogP contribution in [0.15, 0.2) is 4.47 Å². The molecular weight excluding hydrogens is 461 g/mol. The van der Waals surface area contributed by atoms with Crippen LogP contribution in [0.1, 0.15) is 57.7 Å². The van der Waals surface area contributed by atoms with Crippen LogP contribution in [-0.4, -0.2) is 22.7 Å². The van der Waals surface area contributed by atoms with Gasteiger partial charge in [0.1, 0.15) is 0 Å². The lowest BCUT2D eigenvalue weighted by atomic mass is 10.1. The Labute approximate surface area is 154 Å². The molecule has 124 valence electrons. The van der Waals surface area contributed by atoms with E-state index in [-0.39, 0.29) is 12.1 Å². The first-order valence-electron chi connectivity index (χ1n) is 7.14. The van der Waals surface area contributed by atoms with E-state index in [0.29, 0.717) is 0 Å². The highest BCUT2D eigenvalue weighted by Gasteiger charge is 2.33. The molecule has 22 heavy (non-hydrogen) atoms. The molecule has 0 aliphatic carbocycles. The van der Waals surface area contributed by atoms with Crippen molar-refractivity contribution < 1.29 is 14.3 Å². The van der Waals surface area contributed by atoms with Gasteiger partial charge in [0, 0.05) is 14.8 Å². The number of hydrogen-bond donors (Lipinski definition) is 0. The van der Waals surface area contributed by atoms with Crippen molar-refractivity contribution in [1.29, 1.82) is 0 Å². The van der Waals surface area contributed by atoms with E-state index in [1.165, 1.54) is 0 Å². The highest BCUT2D eigenvalue weighted by Crippen LogP contribution is 2.35. The molecular formula is C16H23BrINO3. The van der Waals surface area contributed by atoms with E-state index in [9.17, 15) is 4.79 Å². The minimum atomic E-state index is -0.793. The molecule has 0 unspecified atom stereocenters. The second-order valence-electron chi connectivity index (χ2n) is 6.42. The second-order valence-corrected chi connectivity index (χ2v) is 8.29. The first-order valence-corrected chi connectivity index (χ1v) is 9.01. The Morgan fingerprint density at radius 2 is 1.77 bits per heavy atom. The van der Waals surface area contributed by atoms with Gasteiger partial charge in [-0.05, 0) is 87.0 Å². The molecule has 1 aromatic rings. The summed E-state index contributed by atoms with van der Waals surface area (Å²) in [5, 5.41) is 0. The summed E-state index contributed by atoms with van der Waals surface area (Å²) in [4.78, 5) is 17.0. The molecule has 0 fully saturated rings. The minimum Gasteiger partial charge on any atom is -0.461 e. The van der Waals surface area contributed by atoms with Gasteiger partial charge in [-0.1, -0.05) is 0 Å². The summed E-state index contributed by atoms with van der Waals surface area (Å²) in [6.45, 7) is 13.2. The van der Waals surface area contributed by atoms with Crippen LogP contribution in [0, 0.1) is 17.4 Å². The predicted octanol–water partition coefficient (Wildman–Crippen LogP) is 4.87. The van der Waals surface area contributed by atoms with Crippen molar-refractivity contribution in [2.24, 2.45) is 0 Å². The molecule has 0 aliphatic rings. The summed E-state index contributed by atoms with van der Waals surface area (Å²) in [6, 6.07) is 0. The topological polar surface area (TPSA) is 48.4 Å². The summed E-state index contributed by atoms with van der Waals surface area (Å²) in [5.41, 5.74) is 1.95. The normalized spacial score (nSPS) is 13.4. The molecule has 0 bridgehead atoms. The van der Waals surface area contributed by atoms with Crippen LogP contribution >= 0.6 is 38.5 Å². The lowest BCUT2D eigenvalue weighted by molar-refractivity contribution is -0.171. The summed E-state index contributed by atoms with van der Waals surface area (Å²) in [7, 11) is 0. The van der Waals surface area contributed by atoms with Crippen molar-refractivity contribution in [1.82, 2.24) is 4.98 Å². The molecule has 0 radical (unpaired) electrons. The lowest BCUT2D eigenvalue weighted by Crippen LogP contribution is -2.31. The second kappa shape index (κ2) is 7.57. The van der Waals surface area contributed by atoms with Crippen molar-refractivity contribution in [3.05, 3.63) is 25.0 Å². The predicted molar refractivity (Wildman–Crippen MR) is 98.9 cm³/mol. The molecule has 1 rings (SSSR count). The smallest absolute Gasteiger partial charge is 0.340 e. The van der Waals surface area contributed by atoms with Crippen LogP contribution in [-0.2, 0) is 14.3 Å². The Morgan fingerprint density at radius 1 is 1.23 bits per heavy atom. The van der Waals surface area contributed by atoms with E-state index in [1.54, 1.807) is 0 Å². The first-order chi connectivity index (χ1) is 9.94. The van der Waals surface area contributed by atoms with Crippen molar-refractivity contribution >= 4 is 44.5 Å². The Balaban J connectivity index is 3.39. The van der Waals surface area contributed by atoms with Crippen LogP contribution in [0.2, 0.25) is 0 Å². The summed E-state index contributed by atoms with van der Waals surface area (Å²) < 4.78 is 13.2. The number of esters is 1. The van der Waals surface area contributed by atoms with Crippen LogP contribution < -0.4 is 0 Å². The van der Waals surface area contributed by atoms with E-state index >= 15 is 0 Å². The monoisotopic (exact) mass is 483 g/mol. The van der Waals surface area contributed by atoms with Crippen LogP contribution in [0.5, 0.6) is 0 Å². The number of aromatic nitrogens is 1.